The van der Waals surface area contributed by atoms with Crippen LogP contribution in [0.4, 0.5) is 10.1 Å². The first-order chi connectivity index (χ1) is 8.21. The van der Waals surface area contributed by atoms with Gasteiger partial charge in [0.2, 0.25) is 0 Å². The Morgan fingerprint density at radius 1 is 1.59 bits per heavy atom. The molecule has 0 saturated carbocycles. The van der Waals surface area contributed by atoms with E-state index in [2.05, 4.69) is 5.32 Å². The van der Waals surface area contributed by atoms with Crippen LogP contribution in [-0.4, -0.2) is 31.5 Å². The zero-order valence-electron chi connectivity index (χ0n) is 9.61. The van der Waals surface area contributed by atoms with E-state index in [-0.39, 0.29) is 18.2 Å². The summed E-state index contributed by atoms with van der Waals surface area (Å²) in [6.45, 7) is 0.446. The highest BCUT2D eigenvalue weighted by Gasteiger charge is 2.09. The number of hydrogen-bond acceptors (Lipinski definition) is 4. The van der Waals surface area contributed by atoms with Gasteiger partial charge in [0, 0.05) is 19.4 Å². The predicted molar refractivity (Wildman–Crippen MR) is 62.1 cm³/mol. The topological polar surface area (TPSA) is 65.3 Å². The molecule has 0 fully saturated rings. The van der Waals surface area contributed by atoms with Crippen molar-refractivity contribution >= 4 is 5.69 Å². The summed E-state index contributed by atoms with van der Waals surface area (Å²) in [6, 6.07) is 5.98. The van der Waals surface area contributed by atoms with Crippen LogP contribution in [0, 0.1) is 17.1 Å². The molecule has 0 spiro atoms. The largest absolute Gasteiger partial charge is 0.396 e. The maximum absolute atomic E-state index is 13.3. The van der Waals surface area contributed by atoms with Crippen molar-refractivity contribution in [1.82, 2.24) is 0 Å². The number of halogens is 1. The van der Waals surface area contributed by atoms with Gasteiger partial charge in [0.05, 0.1) is 18.2 Å². The molecule has 5 heteroatoms. The molecule has 0 heterocycles. The van der Waals surface area contributed by atoms with Gasteiger partial charge < -0.3 is 15.2 Å². The second-order valence-corrected chi connectivity index (χ2v) is 3.62. The van der Waals surface area contributed by atoms with Crippen molar-refractivity contribution < 1.29 is 14.2 Å². The van der Waals surface area contributed by atoms with Crippen LogP contribution in [0.2, 0.25) is 0 Å². The second-order valence-electron chi connectivity index (χ2n) is 3.62. The molecule has 0 bridgehead atoms. The van der Waals surface area contributed by atoms with Crippen molar-refractivity contribution in [2.75, 3.05) is 25.6 Å². The second kappa shape index (κ2) is 6.84. The minimum Gasteiger partial charge on any atom is -0.396 e. The van der Waals surface area contributed by atoms with Gasteiger partial charge in [-0.3, -0.25) is 0 Å². The Hall–Kier alpha value is -1.64. The quantitative estimate of drug-likeness (QED) is 0.788. The molecule has 1 rings (SSSR count). The molecule has 0 aliphatic rings. The number of methoxy groups -OCH3 is 1. The number of ether oxygens (including phenoxy) is 1. The fraction of sp³-hybridized carbons (Fsp3) is 0.417. The molecule has 1 unspecified atom stereocenters. The third-order valence-corrected chi connectivity index (χ3v) is 2.31. The van der Waals surface area contributed by atoms with Crippen LogP contribution in [0.3, 0.4) is 0 Å². The van der Waals surface area contributed by atoms with E-state index in [0.717, 1.165) is 0 Å². The lowest BCUT2D eigenvalue weighted by atomic mass is 10.1. The molecule has 1 aromatic rings. The maximum Gasteiger partial charge on any atom is 0.143 e. The number of rotatable bonds is 6. The van der Waals surface area contributed by atoms with Gasteiger partial charge in [-0.2, -0.15) is 5.26 Å². The van der Waals surface area contributed by atoms with E-state index in [1.807, 2.05) is 0 Å². The van der Waals surface area contributed by atoms with Gasteiger partial charge in [0.1, 0.15) is 11.9 Å². The molecule has 0 radical (unpaired) electrons. The van der Waals surface area contributed by atoms with Gasteiger partial charge in [-0.15, -0.1) is 0 Å². The number of nitrogens with zero attached hydrogens (tertiary/aromatic N) is 1. The van der Waals surface area contributed by atoms with Gasteiger partial charge in [-0.05, 0) is 24.6 Å². The van der Waals surface area contributed by atoms with Crippen LogP contribution in [0.1, 0.15) is 12.0 Å². The lowest BCUT2D eigenvalue weighted by Crippen LogP contribution is -2.26. The Labute approximate surface area is 99.6 Å². The van der Waals surface area contributed by atoms with Crippen molar-refractivity contribution in [3.63, 3.8) is 0 Å². The minimum atomic E-state index is -0.558. The Bertz CT molecular complexity index is 398. The fourth-order valence-corrected chi connectivity index (χ4v) is 1.49. The average Bonchev–Trinajstić information content (AvgIpc) is 2.30. The fourth-order valence-electron chi connectivity index (χ4n) is 1.49. The van der Waals surface area contributed by atoms with E-state index in [1.54, 1.807) is 19.2 Å². The van der Waals surface area contributed by atoms with Crippen molar-refractivity contribution in [3.8, 4) is 6.07 Å². The Morgan fingerprint density at radius 2 is 2.35 bits per heavy atom. The molecule has 1 atom stereocenters. The molecule has 0 aliphatic heterocycles. The predicted octanol–water partition coefficient (Wildman–Crippen LogP) is 1.51. The highest BCUT2D eigenvalue weighted by molar-refractivity contribution is 5.48. The number of benzene rings is 1. The number of aliphatic hydroxyl groups is 1. The van der Waals surface area contributed by atoms with E-state index in [9.17, 15) is 4.39 Å². The highest BCUT2D eigenvalue weighted by Crippen LogP contribution is 2.15. The SMILES string of the molecule is COCC(CCO)Nc1ccc(C#N)c(F)c1. The van der Waals surface area contributed by atoms with E-state index < -0.39 is 5.82 Å². The Morgan fingerprint density at radius 3 is 2.88 bits per heavy atom. The first kappa shape index (κ1) is 13.4. The molecular formula is C12H15FN2O2. The molecular weight excluding hydrogens is 223 g/mol. The first-order valence-electron chi connectivity index (χ1n) is 5.27. The summed E-state index contributed by atoms with van der Waals surface area (Å²) in [5.41, 5.74) is 0.581. The van der Waals surface area contributed by atoms with E-state index >= 15 is 0 Å². The van der Waals surface area contributed by atoms with Crippen molar-refractivity contribution in [2.45, 2.75) is 12.5 Å². The summed E-state index contributed by atoms with van der Waals surface area (Å²) in [5.74, 6) is -0.558. The molecule has 2 N–H and O–H groups in total. The third-order valence-electron chi connectivity index (χ3n) is 2.31. The number of hydrogen-bond donors (Lipinski definition) is 2. The number of anilines is 1. The van der Waals surface area contributed by atoms with Gasteiger partial charge in [-0.1, -0.05) is 0 Å². The maximum atomic E-state index is 13.3. The van der Waals surface area contributed by atoms with Crippen LogP contribution in [0.15, 0.2) is 18.2 Å². The summed E-state index contributed by atoms with van der Waals surface area (Å²) >= 11 is 0. The van der Waals surface area contributed by atoms with Crippen LogP contribution in [-0.2, 0) is 4.74 Å². The number of aliphatic hydroxyl groups excluding tert-OH is 1. The lowest BCUT2D eigenvalue weighted by molar-refractivity contribution is 0.170. The van der Waals surface area contributed by atoms with Gasteiger partial charge in [0.15, 0.2) is 0 Å². The summed E-state index contributed by atoms with van der Waals surface area (Å²) in [6.07, 6.45) is 0.509. The van der Waals surface area contributed by atoms with Crippen LogP contribution in [0.5, 0.6) is 0 Å². The van der Waals surface area contributed by atoms with E-state index in [4.69, 9.17) is 15.1 Å². The summed E-state index contributed by atoms with van der Waals surface area (Å²) in [7, 11) is 1.56. The van der Waals surface area contributed by atoms with E-state index in [1.165, 1.54) is 12.1 Å². The van der Waals surface area contributed by atoms with Gasteiger partial charge in [0.25, 0.3) is 0 Å². The van der Waals surface area contributed by atoms with Crippen LogP contribution >= 0.6 is 0 Å². The van der Waals surface area contributed by atoms with Crippen molar-refractivity contribution in [3.05, 3.63) is 29.6 Å². The molecule has 0 aromatic heterocycles. The van der Waals surface area contributed by atoms with E-state index in [0.29, 0.717) is 18.7 Å². The number of nitriles is 1. The Balaban J connectivity index is 2.72. The summed E-state index contributed by atoms with van der Waals surface area (Å²) < 4.78 is 18.3. The molecule has 1 aromatic carbocycles. The molecule has 0 amide bonds. The highest BCUT2D eigenvalue weighted by atomic mass is 19.1. The summed E-state index contributed by atoms with van der Waals surface area (Å²) in [5, 5.41) is 20.5. The standard InChI is InChI=1S/C12H15FN2O2/c1-17-8-11(4-5-16)15-10-3-2-9(7-14)12(13)6-10/h2-3,6,11,15-16H,4-5,8H2,1H3. The molecule has 0 aliphatic carbocycles. The zero-order valence-corrected chi connectivity index (χ0v) is 9.61. The van der Waals surface area contributed by atoms with Gasteiger partial charge >= 0.3 is 0 Å². The molecule has 92 valence electrons. The van der Waals surface area contributed by atoms with Crippen LogP contribution < -0.4 is 5.32 Å². The smallest absolute Gasteiger partial charge is 0.143 e. The lowest BCUT2D eigenvalue weighted by Gasteiger charge is -2.18. The third kappa shape index (κ3) is 4.02. The number of nitrogens with one attached hydrogen (secondary N) is 1. The van der Waals surface area contributed by atoms with Crippen LogP contribution in [0.25, 0.3) is 0 Å². The molecule has 0 saturated heterocycles. The zero-order chi connectivity index (χ0) is 12.7. The Kier molecular flexibility index (Phi) is 5.40. The summed E-state index contributed by atoms with van der Waals surface area (Å²) in [4.78, 5) is 0. The monoisotopic (exact) mass is 238 g/mol. The van der Waals surface area contributed by atoms with Crippen molar-refractivity contribution in [1.29, 1.82) is 5.26 Å². The normalized spacial score (nSPS) is 11.9. The molecule has 17 heavy (non-hydrogen) atoms. The van der Waals surface area contributed by atoms with Gasteiger partial charge in [-0.25, -0.2) is 4.39 Å². The average molecular weight is 238 g/mol. The van der Waals surface area contributed by atoms with Crippen molar-refractivity contribution in [2.24, 2.45) is 0 Å². The minimum absolute atomic E-state index is 0.0148. The first-order valence-corrected chi connectivity index (χ1v) is 5.27. The molecule has 4 nitrogen and oxygen atoms in total.